The molecule has 0 radical (unpaired) electrons. The lowest BCUT2D eigenvalue weighted by molar-refractivity contribution is -0.158. The van der Waals surface area contributed by atoms with Crippen molar-refractivity contribution in [2.75, 3.05) is 6.61 Å². The number of hydrogen-bond donors (Lipinski definition) is 0. The van der Waals surface area contributed by atoms with E-state index in [1.54, 1.807) is 0 Å². The smallest absolute Gasteiger partial charge is 0.311 e. The first-order chi connectivity index (χ1) is 8.34. The molecule has 1 aliphatic rings. The van der Waals surface area contributed by atoms with E-state index in [9.17, 15) is 4.79 Å². The second-order valence-corrected chi connectivity index (χ2v) is 5.83. The molecule has 18 heavy (non-hydrogen) atoms. The fraction of sp³-hybridized carbons (Fsp3) is 0.667. The van der Waals surface area contributed by atoms with Gasteiger partial charge in [0.05, 0.1) is 11.5 Å². The molecule has 0 aromatic heterocycles. The molecule has 0 saturated carbocycles. The van der Waals surface area contributed by atoms with E-state index in [1.165, 1.54) is 0 Å². The molecule has 3 nitrogen and oxygen atoms in total. The van der Waals surface area contributed by atoms with Crippen molar-refractivity contribution in [2.24, 2.45) is 11.3 Å². The molecule has 0 spiro atoms. The molecule has 0 unspecified atom stereocenters. The van der Waals surface area contributed by atoms with Gasteiger partial charge in [0.25, 0.3) is 0 Å². The summed E-state index contributed by atoms with van der Waals surface area (Å²) in [6, 6.07) is 0. The highest BCUT2D eigenvalue weighted by Gasteiger charge is 2.27. The van der Waals surface area contributed by atoms with Crippen LogP contribution in [-0.4, -0.2) is 24.8 Å². The second kappa shape index (κ2) is 6.19. The van der Waals surface area contributed by atoms with Crippen molar-refractivity contribution in [1.82, 2.24) is 0 Å². The summed E-state index contributed by atoms with van der Waals surface area (Å²) in [5.41, 5.74) is -0.466. The molecule has 102 valence electrons. The fourth-order valence-electron chi connectivity index (χ4n) is 1.72. The molecule has 0 fully saturated rings. The lowest BCUT2D eigenvalue weighted by atomic mass is 9.97. The maximum absolute atomic E-state index is 11.7. The molecule has 1 heterocycles. The van der Waals surface area contributed by atoms with Crippen molar-refractivity contribution < 1.29 is 14.3 Å². The minimum Gasteiger partial charge on any atom is -0.462 e. The highest BCUT2D eigenvalue weighted by Crippen LogP contribution is 2.22. The van der Waals surface area contributed by atoms with Gasteiger partial charge in [0.2, 0.25) is 0 Å². The van der Waals surface area contributed by atoms with E-state index in [0.717, 1.165) is 6.42 Å². The van der Waals surface area contributed by atoms with Crippen LogP contribution in [0.1, 0.15) is 34.1 Å². The van der Waals surface area contributed by atoms with Crippen LogP contribution in [0.3, 0.4) is 0 Å². The first-order valence-electron chi connectivity index (χ1n) is 6.46. The van der Waals surface area contributed by atoms with Gasteiger partial charge >= 0.3 is 5.97 Å². The predicted molar refractivity (Wildman–Crippen MR) is 72.2 cm³/mol. The topological polar surface area (TPSA) is 35.5 Å². The Labute approximate surface area is 110 Å². The highest BCUT2D eigenvalue weighted by molar-refractivity contribution is 5.75. The first-order valence-corrected chi connectivity index (χ1v) is 6.46. The summed E-state index contributed by atoms with van der Waals surface area (Å²) in [5, 5.41) is 0. The van der Waals surface area contributed by atoms with Gasteiger partial charge in [-0.3, -0.25) is 4.79 Å². The summed E-state index contributed by atoms with van der Waals surface area (Å²) in [6.45, 7) is 11.7. The van der Waals surface area contributed by atoms with Crippen LogP contribution in [0.15, 0.2) is 24.8 Å². The van der Waals surface area contributed by atoms with Crippen LogP contribution >= 0.6 is 0 Å². The van der Waals surface area contributed by atoms with Crippen LogP contribution in [0.4, 0.5) is 0 Å². The van der Waals surface area contributed by atoms with Gasteiger partial charge in [-0.1, -0.05) is 25.2 Å². The van der Waals surface area contributed by atoms with Crippen LogP contribution < -0.4 is 0 Å². The predicted octanol–water partition coefficient (Wildman–Crippen LogP) is 3.11. The third-order valence-corrected chi connectivity index (χ3v) is 2.96. The van der Waals surface area contributed by atoms with Crippen LogP contribution in [-0.2, 0) is 14.3 Å². The number of carbonyl (C=O) groups excluding carboxylic acids is 1. The molecule has 0 bridgehead atoms. The summed E-state index contributed by atoms with van der Waals surface area (Å²) in [7, 11) is 0. The second-order valence-electron chi connectivity index (χ2n) is 5.83. The summed E-state index contributed by atoms with van der Waals surface area (Å²) in [4.78, 5) is 11.7. The zero-order chi connectivity index (χ0) is 13.8. The minimum atomic E-state index is -0.466. The van der Waals surface area contributed by atoms with E-state index < -0.39 is 5.41 Å². The summed E-state index contributed by atoms with van der Waals surface area (Å²) in [5.74, 6) is 0.177. The highest BCUT2D eigenvalue weighted by atomic mass is 16.6. The average molecular weight is 252 g/mol. The summed E-state index contributed by atoms with van der Waals surface area (Å²) < 4.78 is 11.1. The largest absolute Gasteiger partial charge is 0.462 e. The van der Waals surface area contributed by atoms with E-state index in [2.05, 4.69) is 19.6 Å². The van der Waals surface area contributed by atoms with Gasteiger partial charge in [0.1, 0.15) is 12.7 Å². The Hall–Kier alpha value is -1.09. The van der Waals surface area contributed by atoms with Gasteiger partial charge in [-0.25, -0.2) is 0 Å². The Balaban J connectivity index is 2.47. The van der Waals surface area contributed by atoms with Gasteiger partial charge in [-0.2, -0.15) is 0 Å². The maximum atomic E-state index is 11.7. The first kappa shape index (κ1) is 15.0. The zero-order valence-electron chi connectivity index (χ0n) is 11.8. The minimum absolute atomic E-state index is 0.130. The molecule has 0 N–H and O–H groups in total. The molecular formula is C15H24O3. The molecule has 1 rings (SSSR count). The van der Waals surface area contributed by atoms with Crippen molar-refractivity contribution in [2.45, 2.75) is 46.3 Å². The molecule has 3 heteroatoms. The van der Waals surface area contributed by atoms with Gasteiger partial charge in [0, 0.05) is 5.92 Å². The van der Waals surface area contributed by atoms with E-state index in [-0.39, 0.29) is 24.8 Å². The quantitative estimate of drug-likeness (QED) is 0.569. The Morgan fingerprint density at radius 2 is 2.11 bits per heavy atom. The Morgan fingerprint density at radius 1 is 1.44 bits per heavy atom. The summed E-state index contributed by atoms with van der Waals surface area (Å²) >= 11 is 0. The number of ether oxygens (including phenoxy) is 2. The van der Waals surface area contributed by atoms with Crippen molar-refractivity contribution in [3.05, 3.63) is 24.8 Å². The molecule has 0 aromatic carbocycles. The van der Waals surface area contributed by atoms with Gasteiger partial charge in [0.15, 0.2) is 0 Å². The number of rotatable bonds is 4. The third kappa shape index (κ3) is 4.30. The zero-order valence-corrected chi connectivity index (χ0v) is 11.8. The molecule has 0 amide bonds. The van der Waals surface area contributed by atoms with Crippen molar-refractivity contribution >= 4 is 5.97 Å². The van der Waals surface area contributed by atoms with Crippen LogP contribution in [0.25, 0.3) is 0 Å². The van der Waals surface area contributed by atoms with E-state index in [1.807, 2.05) is 32.9 Å². The Bertz CT molecular complexity index is 325. The Morgan fingerprint density at radius 3 is 2.67 bits per heavy atom. The van der Waals surface area contributed by atoms with E-state index >= 15 is 0 Å². The van der Waals surface area contributed by atoms with Crippen molar-refractivity contribution in [1.29, 1.82) is 0 Å². The lowest BCUT2D eigenvalue weighted by Crippen LogP contribution is -2.34. The maximum Gasteiger partial charge on any atom is 0.311 e. The van der Waals surface area contributed by atoms with Gasteiger partial charge < -0.3 is 9.47 Å². The lowest BCUT2D eigenvalue weighted by Gasteiger charge is -2.30. The number of esters is 1. The van der Waals surface area contributed by atoms with Crippen LogP contribution in [0.2, 0.25) is 0 Å². The van der Waals surface area contributed by atoms with Crippen molar-refractivity contribution in [3.63, 3.8) is 0 Å². The molecule has 0 aliphatic carbocycles. The van der Waals surface area contributed by atoms with Gasteiger partial charge in [-0.15, -0.1) is 6.58 Å². The number of hydrogen-bond acceptors (Lipinski definition) is 3. The third-order valence-electron chi connectivity index (χ3n) is 2.96. The van der Waals surface area contributed by atoms with Gasteiger partial charge in [-0.05, 0) is 27.2 Å². The SMILES string of the molecule is C=CC[C@H]1O[C@H](COC(=O)C(C)(C)C)C=C[C@@H]1C. The normalized spacial score (nSPS) is 27.9. The molecular weight excluding hydrogens is 228 g/mol. The van der Waals surface area contributed by atoms with E-state index in [4.69, 9.17) is 9.47 Å². The standard InChI is InChI=1S/C15H24O3/c1-6-7-13-11(2)8-9-12(18-13)10-17-14(16)15(3,4)5/h6,8-9,11-13H,1,7,10H2,2-5H3/t11-,12-,13+/m0/s1. The van der Waals surface area contributed by atoms with Crippen molar-refractivity contribution in [3.8, 4) is 0 Å². The summed E-state index contributed by atoms with van der Waals surface area (Å²) in [6.07, 6.45) is 6.75. The molecule has 0 saturated heterocycles. The van der Waals surface area contributed by atoms with E-state index in [0.29, 0.717) is 5.92 Å². The molecule has 1 aliphatic heterocycles. The molecule has 0 aromatic rings. The monoisotopic (exact) mass is 252 g/mol. The molecule has 3 atom stereocenters. The number of carbonyl (C=O) groups is 1. The fourth-order valence-corrected chi connectivity index (χ4v) is 1.72. The van der Waals surface area contributed by atoms with Crippen LogP contribution in [0.5, 0.6) is 0 Å². The Kier molecular flexibility index (Phi) is 5.15. The van der Waals surface area contributed by atoms with Crippen LogP contribution in [0, 0.1) is 11.3 Å². The average Bonchev–Trinajstić information content (AvgIpc) is 2.28.